The van der Waals surface area contributed by atoms with Gasteiger partial charge in [0.05, 0.1) is 11.9 Å². The van der Waals surface area contributed by atoms with E-state index < -0.39 is 0 Å². The average molecular weight is 242 g/mol. The SMILES string of the molecule is CNCc1cncc(N(C)c2ccc(C)cc2)n1. The van der Waals surface area contributed by atoms with Crippen molar-refractivity contribution in [2.75, 3.05) is 19.0 Å². The molecule has 0 radical (unpaired) electrons. The monoisotopic (exact) mass is 242 g/mol. The van der Waals surface area contributed by atoms with Crippen LogP contribution in [0.5, 0.6) is 0 Å². The molecule has 2 rings (SSSR count). The number of hydrogen-bond acceptors (Lipinski definition) is 4. The summed E-state index contributed by atoms with van der Waals surface area (Å²) in [4.78, 5) is 10.8. The number of aryl methyl sites for hydroxylation is 1. The molecule has 1 aromatic carbocycles. The topological polar surface area (TPSA) is 41.1 Å². The Morgan fingerprint density at radius 1 is 1.17 bits per heavy atom. The first kappa shape index (κ1) is 12.5. The number of benzene rings is 1. The molecular formula is C14H18N4. The van der Waals surface area contributed by atoms with Gasteiger partial charge >= 0.3 is 0 Å². The average Bonchev–Trinajstić information content (AvgIpc) is 2.39. The number of nitrogens with one attached hydrogen (secondary N) is 1. The van der Waals surface area contributed by atoms with Gasteiger partial charge in [-0.15, -0.1) is 0 Å². The van der Waals surface area contributed by atoms with Crippen LogP contribution in [0.1, 0.15) is 11.3 Å². The number of hydrogen-bond donors (Lipinski definition) is 1. The molecule has 0 aliphatic heterocycles. The molecule has 4 heteroatoms. The third-order valence-electron chi connectivity index (χ3n) is 2.79. The first-order valence-electron chi connectivity index (χ1n) is 5.96. The molecule has 18 heavy (non-hydrogen) atoms. The van der Waals surface area contributed by atoms with Crippen LogP contribution in [-0.2, 0) is 6.54 Å². The van der Waals surface area contributed by atoms with E-state index in [1.54, 1.807) is 12.4 Å². The summed E-state index contributed by atoms with van der Waals surface area (Å²) in [5, 5.41) is 3.08. The first-order chi connectivity index (χ1) is 8.70. The first-order valence-corrected chi connectivity index (χ1v) is 5.96. The van der Waals surface area contributed by atoms with Gasteiger partial charge < -0.3 is 10.2 Å². The molecule has 0 spiro atoms. The van der Waals surface area contributed by atoms with Crippen LogP contribution < -0.4 is 10.2 Å². The van der Waals surface area contributed by atoms with Crippen molar-refractivity contribution in [1.82, 2.24) is 15.3 Å². The Morgan fingerprint density at radius 2 is 1.89 bits per heavy atom. The molecule has 0 amide bonds. The largest absolute Gasteiger partial charge is 0.328 e. The van der Waals surface area contributed by atoms with Crippen LogP contribution in [0.3, 0.4) is 0 Å². The van der Waals surface area contributed by atoms with Crippen LogP contribution >= 0.6 is 0 Å². The van der Waals surface area contributed by atoms with E-state index in [9.17, 15) is 0 Å². The predicted molar refractivity (Wildman–Crippen MR) is 74.0 cm³/mol. The summed E-state index contributed by atoms with van der Waals surface area (Å²) in [7, 11) is 3.90. The lowest BCUT2D eigenvalue weighted by Gasteiger charge is -2.18. The van der Waals surface area contributed by atoms with Crippen LogP contribution in [-0.4, -0.2) is 24.1 Å². The molecule has 1 aromatic heterocycles. The molecule has 0 unspecified atom stereocenters. The minimum Gasteiger partial charge on any atom is -0.328 e. The van der Waals surface area contributed by atoms with Crippen molar-refractivity contribution >= 4 is 11.5 Å². The van der Waals surface area contributed by atoms with E-state index in [-0.39, 0.29) is 0 Å². The fourth-order valence-corrected chi connectivity index (χ4v) is 1.72. The lowest BCUT2D eigenvalue weighted by Crippen LogP contribution is -2.14. The zero-order valence-electron chi connectivity index (χ0n) is 11.0. The maximum atomic E-state index is 4.56. The van der Waals surface area contributed by atoms with Crippen molar-refractivity contribution in [2.45, 2.75) is 13.5 Å². The summed E-state index contributed by atoms with van der Waals surface area (Å²) >= 11 is 0. The Kier molecular flexibility index (Phi) is 3.89. The van der Waals surface area contributed by atoms with Gasteiger partial charge in [0.15, 0.2) is 5.82 Å². The van der Waals surface area contributed by atoms with E-state index in [0.717, 1.165) is 23.7 Å². The Balaban J connectivity index is 2.24. The van der Waals surface area contributed by atoms with Gasteiger partial charge in [0.1, 0.15) is 0 Å². The highest BCUT2D eigenvalue weighted by atomic mass is 15.2. The van der Waals surface area contributed by atoms with Gasteiger partial charge in [-0.2, -0.15) is 0 Å². The minimum absolute atomic E-state index is 0.725. The zero-order chi connectivity index (χ0) is 13.0. The molecule has 0 saturated carbocycles. The molecular weight excluding hydrogens is 224 g/mol. The summed E-state index contributed by atoms with van der Waals surface area (Å²) in [6, 6.07) is 8.36. The van der Waals surface area contributed by atoms with E-state index in [0.29, 0.717) is 0 Å². The number of anilines is 2. The van der Waals surface area contributed by atoms with E-state index in [1.807, 2.05) is 19.0 Å². The van der Waals surface area contributed by atoms with Crippen molar-refractivity contribution in [1.29, 1.82) is 0 Å². The molecule has 0 aliphatic rings. The third kappa shape index (κ3) is 2.84. The molecule has 94 valence electrons. The summed E-state index contributed by atoms with van der Waals surface area (Å²) in [6.07, 6.45) is 3.56. The van der Waals surface area contributed by atoms with Gasteiger partial charge in [0.2, 0.25) is 0 Å². The smallest absolute Gasteiger partial charge is 0.151 e. The van der Waals surface area contributed by atoms with Crippen molar-refractivity contribution in [3.05, 3.63) is 47.9 Å². The second-order valence-electron chi connectivity index (χ2n) is 4.29. The molecule has 1 N–H and O–H groups in total. The quantitative estimate of drug-likeness (QED) is 0.893. The Bertz CT molecular complexity index is 507. The molecule has 2 aromatic rings. The molecule has 4 nitrogen and oxygen atoms in total. The van der Waals surface area contributed by atoms with E-state index in [1.165, 1.54) is 5.56 Å². The highest BCUT2D eigenvalue weighted by Gasteiger charge is 2.06. The Hall–Kier alpha value is -1.94. The molecule has 1 heterocycles. The summed E-state index contributed by atoms with van der Waals surface area (Å²) < 4.78 is 0. The van der Waals surface area contributed by atoms with Crippen molar-refractivity contribution in [2.24, 2.45) is 0 Å². The number of nitrogens with zero attached hydrogens (tertiary/aromatic N) is 3. The summed E-state index contributed by atoms with van der Waals surface area (Å²) in [6.45, 7) is 2.81. The second-order valence-corrected chi connectivity index (χ2v) is 4.29. The van der Waals surface area contributed by atoms with Gasteiger partial charge in [0.25, 0.3) is 0 Å². The van der Waals surface area contributed by atoms with E-state index in [2.05, 4.69) is 46.5 Å². The highest BCUT2D eigenvalue weighted by Crippen LogP contribution is 2.21. The van der Waals surface area contributed by atoms with E-state index in [4.69, 9.17) is 0 Å². The fraction of sp³-hybridized carbons (Fsp3) is 0.286. The van der Waals surface area contributed by atoms with Crippen LogP contribution in [0.15, 0.2) is 36.7 Å². The van der Waals surface area contributed by atoms with Gasteiger partial charge in [-0.1, -0.05) is 17.7 Å². The standard InChI is InChI=1S/C14H18N4/c1-11-4-6-13(7-5-11)18(3)14-10-16-9-12(17-14)8-15-2/h4-7,9-10,15H,8H2,1-3H3. The van der Waals surface area contributed by atoms with Crippen molar-refractivity contribution in [3.63, 3.8) is 0 Å². The normalized spacial score (nSPS) is 10.4. The molecule has 0 saturated heterocycles. The van der Waals surface area contributed by atoms with Gasteiger partial charge in [-0.25, -0.2) is 4.98 Å². The molecule has 0 atom stereocenters. The third-order valence-corrected chi connectivity index (χ3v) is 2.79. The van der Waals surface area contributed by atoms with Crippen LogP contribution in [0.4, 0.5) is 11.5 Å². The highest BCUT2D eigenvalue weighted by molar-refractivity contribution is 5.58. The lowest BCUT2D eigenvalue weighted by molar-refractivity contribution is 0.783. The van der Waals surface area contributed by atoms with Gasteiger partial charge in [-0.05, 0) is 26.1 Å². The Morgan fingerprint density at radius 3 is 2.56 bits per heavy atom. The maximum absolute atomic E-state index is 4.56. The molecule has 0 bridgehead atoms. The van der Waals surface area contributed by atoms with Crippen LogP contribution in [0.2, 0.25) is 0 Å². The molecule has 0 fully saturated rings. The lowest BCUT2D eigenvalue weighted by atomic mass is 10.2. The van der Waals surface area contributed by atoms with Crippen LogP contribution in [0, 0.1) is 6.92 Å². The van der Waals surface area contributed by atoms with Crippen molar-refractivity contribution < 1.29 is 0 Å². The minimum atomic E-state index is 0.725. The van der Waals surface area contributed by atoms with E-state index >= 15 is 0 Å². The second kappa shape index (κ2) is 5.60. The fourth-order valence-electron chi connectivity index (χ4n) is 1.72. The van der Waals surface area contributed by atoms with Gasteiger partial charge in [0, 0.05) is 25.5 Å². The van der Waals surface area contributed by atoms with Crippen molar-refractivity contribution in [3.8, 4) is 0 Å². The van der Waals surface area contributed by atoms with Crippen LogP contribution in [0.25, 0.3) is 0 Å². The maximum Gasteiger partial charge on any atom is 0.151 e. The number of rotatable bonds is 4. The molecule has 0 aliphatic carbocycles. The summed E-state index contributed by atoms with van der Waals surface area (Å²) in [5.74, 6) is 0.853. The Labute approximate surface area is 108 Å². The predicted octanol–water partition coefficient (Wildman–Crippen LogP) is 2.27. The van der Waals surface area contributed by atoms with Gasteiger partial charge in [-0.3, -0.25) is 4.98 Å². The zero-order valence-corrected chi connectivity index (χ0v) is 11.0. The number of aromatic nitrogens is 2. The summed E-state index contributed by atoms with van der Waals surface area (Å²) in [5.41, 5.74) is 3.30.